The fourth-order valence-electron chi connectivity index (χ4n) is 3.30. The summed E-state index contributed by atoms with van der Waals surface area (Å²) >= 11 is 0. The molecular weight excluding hydrogens is 212 g/mol. The third-order valence-electron chi connectivity index (χ3n) is 4.27. The molecule has 1 aliphatic carbocycles. The molecule has 1 aromatic heterocycles. The Morgan fingerprint density at radius 3 is 2.65 bits per heavy atom. The third kappa shape index (κ3) is 2.21. The number of nitrogen functional groups attached to an aromatic ring is 1. The van der Waals surface area contributed by atoms with Crippen LogP contribution in [0.15, 0.2) is 12.4 Å². The van der Waals surface area contributed by atoms with E-state index in [1.807, 2.05) is 0 Å². The third-order valence-corrected chi connectivity index (χ3v) is 4.27. The minimum Gasteiger partial charge on any atom is -0.382 e. The summed E-state index contributed by atoms with van der Waals surface area (Å²) in [6, 6.07) is 0. The summed E-state index contributed by atoms with van der Waals surface area (Å²) in [6.07, 6.45) is 10.4. The van der Waals surface area contributed by atoms with Gasteiger partial charge in [0.1, 0.15) is 11.6 Å². The van der Waals surface area contributed by atoms with Crippen LogP contribution in [0.2, 0.25) is 0 Å². The predicted molar refractivity (Wildman–Crippen MR) is 68.7 cm³/mol. The first-order valence-electron chi connectivity index (χ1n) is 6.65. The van der Waals surface area contributed by atoms with Crippen LogP contribution < -0.4 is 10.6 Å². The highest BCUT2D eigenvalue weighted by Crippen LogP contribution is 2.36. The second-order valence-electron chi connectivity index (χ2n) is 5.34. The van der Waals surface area contributed by atoms with Crippen molar-refractivity contribution in [3.8, 4) is 0 Å². The quantitative estimate of drug-likeness (QED) is 0.805. The van der Waals surface area contributed by atoms with Gasteiger partial charge in [-0.1, -0.05) is 19.3 Å². The normalized spacial score (nSPS) is 28.8. The maximum absolute atomic E-state index is 5.57. The Balaban J connectivity index is 1.71. The lowest BCUT2D eigenvalue weighted by molar-refractivity contribution is 0.202. The van der Waals surface area contributed by atoms with Gasteiger partial charge in [0.25, 0.3) is 0 Å². The van der Waals surface area contributed by atoms with E-state index in [0.29, 0.717) is 5.82 Å². The number of nitrogens with two attached hydrogens (primary N) is 1. The first-order valence-corrected chi connectivity index (χ1v) is 6.65. The van der Waals surface area contributed by atoms with E-state index in [4.69, 9.17) is 5.73 Å². The van der Waals surface area contributed by atoms with E-state index in [1.54, 1.807) is 12.4 Å². The fraction of sp³-hybridized carbons (Fsp3) is 0.692. The summed E-state index contributed by atoms with van der Waals surface area (Å²) in [6.45, 7) is 2.28. The molecule has 4 heteroatoms. The maximum Gasteiger partial charge on any atom is 0.147 e. The largest absolute Gasteiger partial charge is 0.382 e. The Bertz CT molecular complexity index is 376. The fourth-order valence-corrected chi connectivity index (χ4v) is 3.30. The highest BCUT2D eigenvalue weighted by atomic mass is 15.2. The minimum atomic E-state index is 0.501. The van der Waals surface area contributed by atoms with Crippen LogP contribution in [-0.4, -0.2) is 23.1 Å². The molecule has 0 spiro atoms. The Labute approximate surface area is 102 Å². The van der Waals surface area contributed by atoms with Gasteiger partial charge in [-0.05, 0) is 24.7 Å². The molecule has 1 aromatic rings. The molecule has 2 unspecified atom stereocenters. The van der Waals surface area contributed by atoms with Crippen LogP contribution >= 0.6 is 0 Å². The van der Waals surface area contributed by atoms with E-state index in [-0.39, 0.29) is 0 Å². The molecule has 3 rings (SSSR count). The zero-order valence-electron chi connectivity index (χ0n) is 10.2. The van der Waals surface area contributed by atoms with Crippen LogP contribution in [0, 0.1) is 11.8 Å². The van der Waals surface area contributed by atoms with Crippen molar-refractivity contribution in [3.63, 3.8) is 0 Å². The van der Waals surface area contributed by atoms with Gasteiger partial charge in [0.2, 0.25) is 0 Å². The molecule has 92 valence electrons. The van der Waals surface area contributed by atoms with Crippen molar-refractivity contribution in [1.82, 2.24) is 9.97 Å². The lowest BCUT2D eigenvalue weighted by Crippen LogP contribution is -2.42. The standard InChI is InChI=1S/C13H20N4/c14-12-7-16-13(8-15-12)17-6-5-10-3-1-2-4-11(10)9-17/h7-8,10-11H,1-6,9H2,(H2,14,15). The van der Waals surface area contributed by atoms with E-state index >= 15 is 0 Å². The van der Waals surface area contributed by atoms with Crippen molar-refractivity contribution in [1.29, 1.82) is 0 Å². The molecule has 2 aliphatic rings. The number of nitrogens with zero attached hydrogens (tertiary/aromatic N) is 3. The van der Waals surface area contributed by atoms with Gasteiger partial charge < -0.3 is 10.6 Å². The molecule has 17 heavy (non-hydrogen) atoms. The lowest BCUT2D eigenvalue weighted by Gasteiger charge is -2.41. The van der Waals surface area contributed by atoms with E-state index in [2.05, 4.69) is 14.9 Å². The van der Waals surface area contributed by atoms with Crippen LogP contribution in [0.4, 0.5) is 11.6 Å². The molecule has 0 amide bonds. The Hall–Kier alpha value is -1.32. The molecular formula is C13H20N4. The van der Waals surface area contributed by atoms with Gasteiger partial charge in [-0.2, -0.15) is 0 Å². The van der Waals surface area contributed by atoms with Crippen molar-refractivity contribution >= 4 is 11.6 Å². The zero-order valence-corrected chi connectivity index (χ0v) is 10.2. The summed E-state index contributed by atoms with van der Waals surface area (Å²) < 4.78 is 0. The molecule has 2 N–H and O–H groups in total. The van der Waals surface area contributed by atoms with Crippen LogP contribution in [0.3, 0.4) is 0 Å². The SMILES string of the molecule is Nc1cnc(N2CCC3CCCCC3C2)cn1. The molecule has 0 bridgehead atoms. The number of hydrogen-bond acceptors (Lipinski definition) is 4. The van der Waals surface area contributed by atoms with Crippen molar-refractivity contribution in [2.75, 3.05) is 23.7 Å². The summed E-state index contributed by atoms with van der Waals surface area (Å²) in [5.74, 6) is 3.32. The van der Waals surface area contributed by atoms with Crippen LogP contribution in [0.1, 0.15) is 32.1 Å². The average molecular weight is 232 g/mol. The molecule has 1 saturated heterocycles. The summed E-state index contributed by atoms with van der Waals surface area (Å²) in [7, 11) is 0. The lowest BCUT2D eigenvalue weighted by atomic mass is 9.75. The van der Waals surface area contributed by atoms with Gasteiger partial charge in [-0.3, -0.25) is 0 Å². The molecule has 1 aliphatic heterocycles. The topological polar surface area (TPSA) is 55.0 Å². The minimum absolute atomic E-state index is 0.501. The smallest absolute Gasteiger partial charge is 0.147 e. The first kappa shape index (κ1) is 10.8. The summed E-state index contributed by atoms with van der Waals surface area (Å²) in [5, 5.41) is 0. The van der Waals surface area contributed by atoms with E-state index in [1.165, 1.54) is 32.1 Å². The number of anilines is 2. The highest BCUT2D eigenvalue weighted by molar-refractivity contribution is 5.39. The van der Waals surface area contributed by atoms with Crippen molar-refractivity contribution in [3.05, 3.63) is 12.4 Å². The molecule has 1 saturated carbocycles. The number of fused-ring (bicyclic) bond motifs is 1. The molecule has 2 fully saturated rings. The molecule has 0 radical (unpaired) electrons. The average Bonchev–Trinajstić information content (AvgIpc) is 2.39. The maximum atomic E-state index is 5.57. The van der Waals surface area contributed by atoms with E-state index < -0.39 is 0 Å². The second-order valence-corrected chi connectivity index (χ2v) is 5.34. The van der Waals surface area contributed by atoms with E-state index in [9.17, 15) is 0 Å². The van der Waals surface area contributed by atoms with Crippen molar-refractivity contribution < 1.29 is 0 Å². The summed E-state index contributed by atoms with van der Waals surface area (Å²) in [4.78, 5) is 10.9. The van der Waals surface area contributed by atoms with E-state index in [0.717, 1.165) is 30.7 Å². The van der Waals surface area contributed by atoms with Crippen molar-refractivity contribution in [2.24, 2.45) is 11.8 Å². The van der Waals surface area contributed by atoms with Gasteiger partial charge in [0.15, 0.2) is 0 Å². The van der Waals surface area contributed by atoms with Crippen LogP contribution in [0.25, 0.3) is 0 Å². The number of aromatic nitrogens is 2. The first-order chi connectivity index (χ1) is 8.33. The summed E-state index contributed by atoms with van der Waals surface area (Å²) in [5.41, 5.74) is 5.57. The molecule has 2 heterocycles. The number of rotatable bonds is 1. The van der Waals surface area contributed by atoms with Crippen LogP contribution in [-0.2, 0) is 0 Å². The number of hydrogen-bond donors (Lipinski definition) is 1. The second kappa shape index (κ2) is 4.51. The Morgan fingerprint density at radius 1 is 1.06 bits per heavy atom. The van der Waals surface area contributed by atoms with Gasteiger partial charge in [0, 0.05) is 13.1 Å². The molecule has 0 aromatic carbocycles. The van der Waals surface area contributed by atoms with Gasteiger partial charge in [0.05, 0.1) is 12.4 Å². The molecule has 2 atom stereocenters. The van der Waals surface area contributed by atoms with Crippen molar-refractivity contribution in [2.45, 2.75) is 32.1 Å². The zero-order chi connectivity index (χ0) is 11.7. The van der Waals surface area contributed by atoms with Crippen LogP contribution in [0.5, 0.6) is 0 Å². The van der Waals surface area contributed by atoms with Gasteiger partial charge in [-0.25, -0.2) is 9.97 Å². The highest BCUT2D eigenvalue weighted by Gasteiger charge is 2.31. The Morgan fingerprint density at radius 2 is 1.88 bits per heavy atom. The molecule has 4 nitrogen and oxygen atoms in total. The Kier molecular flexibility index (Phi) is 2.87. The predicted octanol–water partition coefficient (Wildman–Crippen LogP) is 2.08. The number of piperidine rings is 1. The van der Waals surface area contributed by atoms with Gasteiger partial charge in [-0.15, -0.1) is 0 Å². The monoisotopic (exact) mass is 232 g/mol. The van der Waals surface area contributed by atoms with Gasteiger partial charge >= 0.3 is 0 Å².